The fraction of sp³-hybridized carbons (Fsp3) is 0.636. The highest BCUT2D eigenvalue weighted by Crippen LogP contribution is 2.39. The number of nitrogens with zero attached hydrogens (tertiary/aromatic N) is 2. The van der Waals surface area contributed by atoms with Crippen molar-refractivity contribution < 1.29 is 24.2 Å². The van der Waals surface area contributed by atoms with Gasteiger partial charge in [0.2, 0.25) is 11.8 Å². The smallest absolute Gasteiger partial charge is 0.408 e. The second kappa shape index (κ2) is 24.1. The van der Waals surface area contributed by atoms with E-state index in [1.54, 1.807) is 31.7 Å². The second-order valence-electron chi connectivity index (χ2n) is 12.7. The van der Waals surface area contributed by atoms with Crippen molar-refractivity contribution in [3.63, 3.8) is 0 Å². The van der Waals surface area contributed by atoms with Crippen LogP contribution in [0.2, 0.25) is 10.0 Å². The van der Waals surface area contributed by atoms with Gasteiger partial charge in [-0.2, -0.15) is 5.10 Å². The predicted molar refractivity (Wildman–Crippen MR) is 192 cm³/mol. The molecule has 0 spiro atoms. The standard InChI is InChI=1S/C23H29Cl2N5O5.2C4H10.C2H6.H4N2/c1-23(2,3)35-22(34)27-11-18(32)26-12-19(33)30-8-6-13(7-9-30)15-10-16(29-28-15)14-4-5-17(31)21(25)20(14)24;2*1-4(2)3;2*1-2/h4-5,10,13,31H,6-9,11-12H2,1-3H3,(H,26,32)(H,27,34)(H,28,29);2*4H,1-3H3;1-2H3;1-2H2. The van der Waals surface area contributed by atoms with Crippen molar-refractivity contribution >= 4 is 41.1 Å². The molecular formula is C33H59Cl2N7O5. The molecule has 2 aromatic rings. The van der Waals surface area contributed by atoms with Gasteiger partial charge in [-0.25, -0.2) is 4.79 Å². The van der Waals surface area contributed by atoms with Gasteiger partial charge in [0.05, 0.1) is 17.3 Å². The first kappa shape index (κ1) is 46.1. The third-order valence-electron chi connectivity index (χ3n) is 5.45. The molecule has 1 aromatic carbocycles. The molecule has 0 aliphatic carbocycles. The number of likely N-dealkylation sites (tertiary alicyclic amines) is 1. The van der Waals surface area contributed by atoms with Crippen LogP contribution < -0.4 is 22.3 Å². The number of amides is 3. The zero-order chi connectivity index (χ0) is 36.9. The van der Waals surface area contributed by atoms with Gasteiger partial charge in [-0.1, -0.05) is 78.6 Å². The normalized spacial score (nSPS) is 12.6. The fourth-order valence-corrected chi connectivity index (χ4v) is 4.10. The molecule has 3 rings (SSSR count). The summed E-state index contributed by atoms with van der Waals surface area (Å²) in [6, 6.07) is 5.02. The second-order valence-corrected chi connectivity index (χ2v) is 13.5. The Morgan fingerprint density at radius 2 is 1.49 bits per heavy atom. The molecule has 1 aliphatic rings. The maximum Gasteiger partial charge on any atom is 0.408 e. The molecule has 270 valence electrons. The van der Waals surface area contributed by atoms with Crippen molar-refractivity contribution in [2.45, 2.75) is 101 Å². The Kier molecular flexibility index (Phi) is 23.7. The van der Waals surface area contributed by atoms with E-state index in [-0.39, 0.29) is 40.7 Å². The van der Waals surface area contributed by atoms with Gasteiger partial charge >= 0.3 is 6.09 Å². The summed E-state index contributed by atoms with van der Waals surface area (Å²) in [4.78, 5) is 37.7. The number of aromatic hydroxyl groups is 1. The molecule has 0 radical (unpaired) electrons. The maximum atomic E-state index is 12.5. The number of phenols is 1. The summed E-state index contributed by atoms with van der Waals surface area (Å²) in [5, 5.41) is 22.2. The molecule has 0 unspecified atom stereocenters. The van der Waals surface area contributed by atoms with Gasteiger partial charge in [0.1, 0.15) is 22.9 Å². The summed E-state index contributed by atoms with van der Waals surface area (Å²) in [5.41, 5.74) is 1.50. The fourth-order valence-electron chi connectivity index (χ4n) is 3.68. The molecule has 47 heavy (non-hydrogen) atoms. The van der Waals surface area contributed by atoms with E-state index in [0.29, 0.717) is 24.3 Å². The van der Waals surface area contributed by atoms with E-state index in [1.165, 1.54) is 6.07 Å². The molecule has 1 fully saturated rings. The number of carbonyl (C=O) groups excluding carboxylic acids is 3. The molecule has 2 heterocycles. The number of nitrogens with one attached hydrogen (secondary N) is 3. The molecule has 1 saturated heterocycles. The number of ether oxygens (including phenoxy) is 1. The minimum atomic E-state index is -0.696. The monoisotopic (exact) mass is 703 g/mol. The first-order chi connectivity index (χ1) is 21.9. The van der Waals surface area contributed by atoms with E-state index in [1.807, 2.05) is 19.9 Å². The SMILES string of the molecule is CC.CC(C)(C)OC(=O)NCC(=O)NCC(=O)N1CCC(c2cc(-c3ccc(O)c(Cl)c3Cl)n[nH]2)CC1.CC(C)C.CC(C)C.NN. The summed E-state index contributed by atoms with van der Waals surface area (Å²) in [6.07, 6.45) is 0.760. The lowest BCUT2D eigenvalue weighted by molar-refractivity contribution is -0.133. The van der Waals surface area contributed by atoms with Crippen molar-refractivity contribution in [2.24, 2.45) is 23.5 Å². The van der Waals surface area contributed by atoms with E-state index < -0.39 is 17.6 Å². The first-order valence-corrected chi connectivity index (χ1v) is 16.7. The number of alkyl carbamates (subject to hydrolysis) is 1. The third kappa shape index (κ3) is 20.0. The van der Waals surface area contributed by atoms with Gasteiger partial charge in [-0.05, 0) is 63.6 Å². The number of hydrazine groups is 1. The van der Waals surface area contributed by atoms with Crippen LogP contribution in [-0.4, -0.2) is 69.9 Å². The number of H-pyrrole nitrogens is 1. The lowest BCUT2D eigenvalue weighted by Crippen LogP contribution is -2.46. The number of phenolic OH excluding ortho intramolecular Hbond substituents is 1. The van der Waals surface area contributed by atoms with E-state index in [2.05, 4.69) is 74.1 Å². The van der Waals surface area contributed by atoms with Crippen LogP contribution in [0.1, 0.15) is 101 Å². The van der Waals surface area contributed by atoms with E-state index in [0.717, 1.165) is 30.4 Å². The molecule has 14 heteroatoms. The topological polar surface area (TPSA) is 189 Å². The minimum absolute atomic E-state index is 0.0771. The molecule has 0 atom stereocenters. The largest absolute Gasteiger partial charge is 0.506 e. The molecule has 0 saturated carbocycles. The van der Waals surface area contributed by atoms with Crippen LogP contribution in [0.25, 0.3) is 11.3 Å². The number of aromatic nitrogens is 2. The van der Waals surface area contributed by atoms with Gasteiger partial charge in [-0.3, -0.25) is 26.4 Å². The Balaban J connectivity index is 0. The minimum Gasteiger partial charge on any atom is -0.506 e. The van der Waals surface area contributed by atoms with Crippen LogP contribution in [0.5, 0.6) is 5.75 Å². The molecular weight excluding hydrogens is 645 g/mol. The summed E-state index contributed by atoms with van der Waals surface area (Å²) in [6.45, 7) is 22.8. The Bertz CT molecular complexity index is 1180. The number of rotatable bonds is 6. The Morgan fingerprint density at radius 3 is 1.98 bits per heavy atom. The molecule has 3 amide bonds. The lowest BCUT2D eigenvalue weighted by atomic mass is 9.93. The van der Waals surface area contributed by atoms with Gasteiger partial charge in [0, 0.05) is 30.3 Å². The molecule has 8 N–H and O–H groups in total. The van der Waals surface area contributed by atoms with E-state index in [4.69, 9.17) is 27.9 Å². The molecule has 1 aromatic heterocycles. The molecule has 12 nitrogen and oxygen atoms in total. The number of hydrogen-bond donors (Lipinski definition) is 6. The zero-order valence-electron chi connectivity index (χ0n) is 30.1. The number of piperidine rings is 1. The lowest BCUT2D eigenvalue weighted by Gasteiger charge is -2.31. The number of halogens is 2. The summed E-state index contributed by atoms with van der Waals surface area (Å²) in [7, 11) is 0. The average molecular weight is 705 g/mol. The van der Waals surface area contributed by atoms with Crippen molar-refractivity contribution in [1.29, 1.82) is 0 Å². The van der Waals surface area contributed by atoms with Crippen LogP contribution in [0.4, 0.5) is 4.79 Å². The Hall–Kier alpha value is -3.06. The number of nitrogens with two attached hydrogens (primary N) is 2. The van der Waals surface area contributed by atoms with Gasteiger partial charge in [-0.15, -0.1) is 0 Å². The number of carbonyl (C=O) groups is 3. The zero-order valence-corrected chi connectivity index (χ0v) is 31.6. The summed E-state index contributed by atoms with van der Waals surface area (Å²) in [5.74, 6) is 9.09. The highest BCUT2D eigenvalue weighted by molar-refractivity contribution is 6.44. The Labute approximate surface area is 291 Å². The van der Waals surface area contributed by atoms with Gasteiger partial charge in [0.15, 0.2) is 0 Å². The quantitative estimate of drug-likeness (QED) is 0.143. The maximum absolute atomic E-state index is 12.5. The van der Waals surface area contributed by atoms with E-state index >= 15 is 0 Å². The molecule has 1 aliphatic heterocycles. The Morgan fingerprint density at radius 1 is 0.979 bits per heavy atom. The van der Waals surface area contributed by atoms with E-state index in [9.17, 15) is 19.5 Å². The van der Waals surface area contributed by atoms with Crippen molar-refractivity contribution in [3.8, 4) is 17.0 Å². The highest BCUT2D eigenvalue weighted by atomic mass is 35.5. The third-order valence-corrected chi connectivity index (χ3v) is 6.32. The van der Waals surface area contributed by atoms with Gasteiger partial charge < -0.3 is 25.4 Å². The predicted octanol–water partition coefficient (Wildman–Crippen LogP) is 6.61. The van der Waals surface area contributed by atoms with Crippen molar-refractivity contribution in [1.82, 2.24) is 25.7 Å². The number of aromatic amines is 1. The number of hydrogen-bond acceptors (Lipinski definition) is 8. The van der Waals surface area contributed by atoms with Crippen LogP contribution >= 0.6 is 23.2 Å². The highest BCUT2D eigenvalue weighted by Gasteiger charge is 2.26. The summed E-state index contributed by atoms with van der Waals surface area (Å²) < 4.78 is 5.06. The van der Waals surface area contributed by atoms with Crippen molar-refractivity contribution in [3.05, 3.63) is 33.9 Å². The van der Waals surface area contributed by atoms with Crippen LogP contribution in [0.3, 0.4) is 0 Å². The number of benzene rings is 1. The van der Waals surface area contributed by atoms with Crippen LogP contribution in [0.15, 0.2) is 18.2 Å². The van der Waals surface area contributed by atoms with Crippen LogP contribution in [0, 0.1) is 11.8 Å². The average Bonchev–Trinajstić information content (AvgIpc) is 3.48. The van der Waals surface area contributed by atoms with Crippen LogP contribution in [-0.2, 0) is 14.3 Å². The first-order valence-electron chi connectivity index (χ1n) is 16.0. The molecule has 0 bridgehead atoms. The van der Waals surface area contributed by atoms with Crippen molar-refractivity contribution in [2.75, 3.05) is 26.2 Å². The van der Waals surface area contributed by atoms with Gasteiger partial charge in [0.25, 0.3) is 0 Å². The summed E-state index contributed by atoms with van der Waals surface area (Å²) >= 11 is 12.3.